The third-order valence-electron chi connectivity index (χ3n) is 6.19. The average molecular weight is 593 g/mol. The van der Waals surface area contributed by atoms with Crippen molar-refractivity contribution in [3.63, 3.8) is 0 Å². The maximum Gasteiger partial charge on any atom is 0.277 e. The third kappa shape index (κ3) is 6.25. The summed E-state index contributed by atoms with van der Waals surface area (Å²) in [7, 11) is 0. The monoisotopic (exact) mass is 591 g/mol. The van der Waals surface area contributed by atoms with Crippen LogP contribution in [-0.2, 0) is 4.79 Å². The second-order valence-electron chi connectivity index (χ2n) is 8.89. The predicted molar refractivity (Wildman–Crippen MR) is 153 cm³/mol. The van der Waals surface area contributed by atoms with Gasteiger partial charge < -0.3 is 19.5 Å². The number of rotatable bonds is 7. The Bertz CT molecular complexity index is 1430. The standard InChI is InChI=1S/C28H26BrN5O3S/c1-19-5-4-6-20(17-19)26-31-32-28(37-26)38-18-25(35)30-21-9-11-22(12-10-21)33-13-15-34(16-14-33)27(36)23-7-2-3-8-24(23)29/h2-12,17H,13-16,18H2,1H3,(H,30,35). The smallest absolute Gasteiger partial charge is 0.277 e. The number of carbonyl (C=O) groups excluding carboxylic acids is 2. The molecule has 0 atom stereocenters. The summed E-state index contributed by atoms with van der Waals surface area (Å²) in [6, 6.07) is 23.1. The van der Waals surface area contributed by atoms with Gasteiger partial charge in [0.2, 0.25) is 11.8 Å². The molecule has 38 heavy (non-hydrogen) atoms. The Kier molecular flexibility index (Phi) is 8.09. The van der Waals surface area contributed by atoms with E-state index in [1.807, 2.05) is 84.6 Å². The number of aromatic nitrogens is 2. The molecule has 1 N–H and O–H groups in total. The molecule has 8 nitrogen and oxygen atoms in total. The van der Waals surface area contributed by atoms with Gasteiger partial charge in [0.05, 0.1) is 11.3 Å². The summed E-state index contributed by atoms with van der Waals surface area (Å²) in [5.74, 6) is 0.479. The summed E-state index contributed by atoms with van der Waals surface area (Å²) in [5.41, 5.74) is 4.42. The van der Waals surface area contributed by atoms with Gasteiger partial charge in [-0.25, -0.2) is 0 Å². The second-order valence-corrected chi connectivity index (χ2v) is 10.7. The van der Waals surface area contributed by atoms with E-state index in [4.69, 9.17) is 4.42 Å². The number of anilines is 2. The number of nitrogens with one attached hydrogen (secondary N) is 1. The second kappa shape index (κ2) is 11.8. The van der Waals surface area contributed by atoms with Gasteiger partial charge in [-0.1, -0.05) is 41.6 Å². The molecule has 3 aromatic carbocycles. The molecular formula is C28H26BrN5O3S. The van der Waals surface area contributed by atoms with Crippen molar-refractivity contribution in [3.8, 4) is 11.5 Å². The predicted octanol–water partition coefficient (Wildman–Crippen LogP) is 5.50. The minimum Gasteiger partial charge on any atom is -0.411 e. The van der Waals surface area contributed by atoms with Crippen LogP contribution in [-0.4, -0.2) is 58.8 Å². The zero-order chi connectivity index (χ0) is 26.5. The van der Waals surface area contributed by atoms with E-state index in [9.17, 15) is 9.59 Å². The minimum atomic E-state index is -0.155. The van der Waals surface area contributed by atoms with E-state index in [0.29, 0.717) is 35.5 Å². The van der Waals surface area contributed by atoms with Crippen LogP contribution in [0, 0.1) is 6.92 Å². The van der Waals surface area contributed by atoms with Crippen molar-refractivity contribution in [1.82, 2.24) is 15.1 Å². The van der Waals surface area contributed by atoms with Gasteiger partial charge in [-0.05, 0) is 71.4 Å². The Labute approximate surface area is 233 Å². The third-order valence-corrected chi connectivity index (χ3v) is 7.70. The molecule has 0 spiro atoms. The molecule has 0 aliphatic carbocycles. The number of hydrogen-bond acceptors (Lipinski definition) is 7. The Morgan fingerprint density at radius 1 is 0.974 bits per heavy atom. The molecule has 0 unspecified atom stereocenters. The normalized spacial score (nSPS) is 13.4. The molecule has 5 rings (SSSR count). The van der Waals surface area contributed by atoms with E-state index in [1.165, 1.54) is 11.8 Å². The van der Waals surface area contributed by atoms with Crippen LogP contribution in [0.15, 0.2) is 86.9 Å². The van der Waals surface area contributed by atoms with Crippen molar-refractivity contribution in [1.29, 1.82) is 0 Å². The van der Waals surface area contributed by atoms with Crippen LogP contribution in [0.3, 0.4) is 0 Å². The van der Waals surface area contributed by atoms with Gasteiger partial charge in [0, 0.05) is 47.6 Å². The number of nitrogens with zero attached hydrogens (tertiary/aromatic N) is 4. The maximum absolute atomic E-state index is 12.9. The number of aryl methyl sites for hydroxylation is 1. The highest BCUT2D eigenvalue weighted by Gasteiger charge is 2.23. The van der Waals surface area contributed by atoms with Crippen LogP contribution in [0.5, 0.6) is 0 Å². The summed E-state index contributed by atoms with van der Waals surface area (Å²) < 4.78 is 6.50. The lowest BCUT2D eigenvalue weighted by Crippen LogP contribution is -2.48. The molecular weight excluding hydrogens is 566 g/mol. The highest BCUT2D eigenvalue weighted by atomic mass is 79.9. The molecule has 2 amide bonds. The van der Waals surface area contributed by atoms with E-state index in [0.717, 1.165) is 34.4 Å². The van der Waals surface area contributed by atoms with Crippen molar-refractivity contribution in [2.45, 2.75) is 12.1 Å². The van der Waals surface area contributed by atoms with Crippen LogP contribution in [0.25, 0.3) is 11.5 Å². The number of hydrogen-bond donors (Lipinski definition) is 1. The van der Waals surface area contributed by atoms with E-state index < -0.39 is 0 Å². The summed E-state index contributed by atoms with van der Waals surface area (Å²) in [6.07, 6.45) is 0. The zero-order valence-corrected chi connectivity index (χ0v) is 23.2. The molecule has 1 saturated heterocycles. The van der Waals surface area contributed by atoms with Crippen LogP contribution < -0.4 is 10.2 Å². The van der Waals surface area contributed by atoms with Crippen molar-refractivity contribution in [2.24, 2.45) is 0 Å². The van der Waals surface area contributed by atoms with Crippen molar-refractivity contribution in [3.05, 3.63) is 88.4 Å². The SMILES string of the molecule is Cc1cccc(-c2nnc(SCC(=O)Nc3ccc(N4CCN(C(=O)c5ccccc5Br)CC4)cc3)o2)c1. The van der Waals surface area contributed by atoms with Crippen LogP contribution >= 0.6 is 27.7 Å². The van der Waals surface area contributed by atoms with Gasteiger partial charge in [-0.2, -0.15) is 0 Å². The molecule has 1 aromatic heterocycles. The quantitative estimate of drug-likeness (QED) is 0.284. The van der Waals surface area contributed by atoms with Gasteiger partial charge in [0.25, 0.3) is 11.1 Å². The van der Waals surface area contributed by atoms with Crippen LogP contribution in [0.4, 0.5) is 11.4 Å². The lowest BCUT2D eigenvalue weighted by atomic mass is 10.1. The Balaban J connectivity index is 1.09. The van der Waals surface area contributed by atoms with Crippen molar-refractivity contribution >= 4 is 50.9 Å². The van der Waals surface area contributed by atoms with Gasteiger partial charge in [0.1, 0.15) is 0 Å². The molecule has 0 saturated carbocycles. The summed E-state index contributed by atoms with van der Waals surface area (Å²) >= 11 is 4.67. The van der Waals surface area contributed by atoms with Gasteiger partial charge in [0.15, 0.2) is 0 Å². The Morgan fingerprint density at radius 3 is 2.47 bits per heavy atom. The Morgan fingerprint density at radius 2 is 1.74 bits per heavy atom. The minimum absolute atomic E-state index is 0.0416. The van der Waals surface area contributed by atoms with Gasteiger partial charge >= 0.3 is 0 Å². The zero-order valence-electron chi connectivity index (χ0n) is 20.8. The molecule has 1 aliphatic heterocycles. The first-order chi connectivity index (χ1) is 18.5. The summed E-state index contributed by atoms with van der Waals surface area (Å²) in [6.45, 7) is 4.79. The van der Waals surface area contributed by atoms with Gasteiger partial charge in [-0.15, -0.1) is 10.2 Å². The van der Waals surface area contributed by atoms with Crippen molar-refractivity contribution in [2.75, 3.05) is 42.1 Å². The molecule has 1 aliphatic rings. The van der Waals surface area contributed by atoms with Gasteiger partial charge in [-0.3, -0.25) is 9.59 Å². The van der Waals surface area contributed by atoms with E-state index in [2.05, 4.69) is 36.3 Å². The average Bonchev–Trinajstić information content (AvgIpc) is 3.42. The molecule has 10 heteroatoms. The molecule has 194 valence electrons. The number of amides is 2. The summed E-state index contributed by atoms with van der Waals surface area (Å²) in [4.78, 5) is 29.4. The number of benzene rings is 3. The van der Waals surface area contributed by atoms with Crippen molar-refractivity contribution < 1.29 is 14.0 Å². The lowest BCUT2D eigenvalue weighted by molar-refractivity contribution is -0.113. The topological polar surface area (TPSA) is 91.6 Å². The molecule has 2 heterocycles. The maximum atomic E-state index is 12.9. The molecule has 1 fully saturated rings. The summed E-state index contributed by atoms with van der Waals surface area (Å²) in [5, 5.41) is 11.4. The van der Waals surface area contributed by atoms with Crippen LogP contribution in [0.1, 0.15) is 15.9 Å². The fraction of sp³-hybridized carbons (Fsp3) is 0.214. The number of piperazine rings is 1. The first-order valence-electron chi connectivity index (χ1n) is 12.2. The number of thioether (sulfide) groups is 1. The fourth-order valence-corrected chi connectivity index (χ4v) is 5.23. The largest absolute Gasteiger partial charge is 0.411 e. The first kappa shape index (κ1) is 26.0. The first-order valence-corrected chi connectivity index (χ1v) is 14.0. The van der Waals surface area contributed by atoms with Crippen LogP contribution in [0.2, 0.25) is 0 Å². The highest BCUT2D eigenvalue weighted by molar-refractivity contribution is 9.10. The molecule has 0 radical (unpaired) electrons. The molecule has 4 aromatic rings. The van der Waals surface area contributed by atoms with E-state index >= 15 is 0 Å². The van der Waals surface area contributed by atoms with E-state index in [-0.39, 0.29) is 17.6 Å². The lowest BCUT2D eigenvalue weighted by Gasteiger charge is -2.36. The van der Waals surface area contributed by atoms with E-state index in [1.54, 1.807) is 0 Å². The number of carbonyl (C=O) groups is 2. The Hall–Kier alpha value is -3.63. The number of halogens is 1. The fourth-order valence-electron chi connectivity index (χ4n) is 4.22. The highest BCUT2D eigenvalue weighted by Crippen LogP contribution is 2.25. The molecule has 0 bridgehead atoms.